The Morgan fingerprint density at radius 1 is 1.21 bits per heavy atom. The number of hydrogen-bond donors (Lipinski definition) is 2. The van der Waals surface area contributed by atoms with Gasteiger partial charge in [-0.3, -0.25) is 9.59 Å². The highest BCUT2D eigenvalue weighted by molar-refractivity contribution is 5.97. The number of Topliss-reactive ketones (excluding diaryl/α,β-unsaturated/α-hetero) is 1. The largest absolute Gasteiger partial charge is 0.480 e. The van der Waals surface area contributed by atoms with Crippen molar-refractivity contribution in [2.45, 2.75) is 68.9 Å². The number of rotatable bonds is 6. The van der Waals surface area contributed by atoms with E-state index in [4.69, 9.17) is 24.1 Å². The van der Waals surface area contributed by atoms with Crippen LogP contribution in [0.1, 0.15) is 45.4 Å². The van der Waals surface area contributed by atoms with Gasteiger partial charge < -0.3 is 29.4 Å². The molecule has 2 saturated heterocycles. The number of ether oxygens (including phenoxy) is 4. The fourth-order valence-electron chi connectivity index (χ4n) is 7.43. The number of amides is 1. The predicted octanol–water partition coefficient (Wildman–Crippen LogP) is 1.12. The number of aliphatic carboxylic acids is 1. The number of carboxylic acids is 1. The zero-order valence-corrected chi connectivity index (χ0v) is 18.4. The highest BCUT2D eigenvalue weighted by Crippen LogP contribution is 2.78. The third-order valence-electron chi connectivity index (χ3n) is 8.92. The van der Waals surface area contributed by atoms with Crippen LogP contribution in [0, 0.1) is 17.3 Å². The third kappa shape index (κ3) is 2.62. The van der Waals surface area contributed by atoms with E-state index in [1.807, 2.05) is 0 Å². The number of cyclic esters (lactones) is 1. The number of carbonyl (C=O) groups is 4. The Kier molecular flexibility index (Phi) is 4.34. The Morgan fingerprint density at radius 2 is 2.03 bits per heavy atom. The van der Waals surface area contributed by atoms with Gasteiger partial charge in [0, 0.05) is 16.9 Å². The number of carboxylic acid groups (broad SMARTS) is 1. The topological polar surface area (TPSA) is 144 Å². The number of alkyl carbamates (subject to hydrolysis) is 1. The van der Waals surface area contributed by atoms with E-state index in [0.717, 1.165) is 17.6 Å². The summed E-state index contributed by atoms with van der Waals surface area (Å²) in [7, 11) is 0. The van der Waals surface area contributed by atoms with Gasteiger partial charge >= 0.3 is 18.0 Å². The Morgan fingerprint density at radius 3 is 2.82 bits per heavy atom. The number of epoxide rings is 2. The van der Waals surface area contributed by atoms with E-state index in [1.165, 1.54) is 0 Å². The molecule has 6 aliphatic rings. The summed E-state index contributed by atoms with van der Waals surface area (Å²) in [6, 6.07) is 0. The van der Waals surface area contributed by atoms with Gasteiger partial charge in [-0.15, -0.1) is 0 Å². The average molecular weight is 461 g/mol. The molecule has 2 spiro atoms. The molecule has 10 heteroatoms. The maximum Gasteiger partial charge on any atom is 0.407 e. The summed E-state index contributed by atoms with van der Waals surface area (Å²) in [5.41, 5.74) is 0.0933. The molecule has 0 bridgehead atoms. The van der Waals surface area contributed by atoms with Gasteiger partial charge in [-0.05, 0) is 50.0 Å². The molecule has 178 valence electrons. The van der Waals surface area contributed by atoms with Crippen molar-refractivity contribution >= 4 is 23.8 Å². The molecule has 1 amide bonds. The van der Waals surface area contributed by atoms with Crippen LogP contribution in [0.5, 0.6) is 0 Å². The van der Waals surface area contributed by atoms with Gasteiger partial charge in [-0.1, -0.05) is 6.92 Å². The van der Waals surface area contributed by atoms with Crippen LogP contribution in [-0.4, -0.2) is 72.1 Å². The van der Waals surface area contributed by atoms with Gasteiger partial charge in [0.2, 0.25) is 0 Å². The first kappa shape index (κ1) is 21.1. The van der Waals surface area contributed by atoms with E-state index < -0.39 is 29.8 Å². The molecule has 0 aromatic rings. The lowest BCUT2D eigenvalue weighted by Gasteiger charge is -2.52. The molecule has 0 aromatic heterocycles. The van der Waals surface area contributed by atoms with Crippen LogP contribution in [-0.2, 0) is 33.3 Å². The second-order valence-corrected chi connectivity index (χ2v) is 10.3. The Bertz CT molecular complexity index is 1010. The smallest absolute Gasteiger partial charge is 0.407 e. The van der Waals surface area contributed by atoms with Crippen molar-refractivity contribution in [3.8, 4) is 0 Å². The molecule has 3 aliphatic carbocycles. The first-order valence-corrected chi connectivity index (χ1v) is 11.7. The van der Waals surface area contributed by atoms with E-state index in [9.17, 15) is 19.2 Å². The molecule has 7 atom stereocenters. The summed E-state index contributed by atoms with van der Waals surface area (Å²) in [5.74, 6) is -1.36. The molecule has 33 heavy (non-hydrogen) atoms. The van der Waals surface area contributed by atoms with E-state index >= 15 is 0 Å². The minimum Gasteiger partial charge on any atom is -0.480 e. The van der Waals surface area contributed by atoms with E-state index in [-0.39, 0.29) is 47.8 Å². The summed E-state index contributed by atoms with van der Waals surface area (Å²) in [5, 5.41) is 10.7. The van der Waals surface area contributed by atoms with E-state index in [0.29, 0.717) is 38.7 Å². The van der Waals surface area contributed by atoms with Gasteiger partial charge in [0.05, 0.1) is 18.8 Å². The minimum atomic E-state index is -1.15. The number of esters is 1. The maximum atomic E-state index is 13.7. The van der Waals surface area contributed by atoms with Crippen LogP contribution in [0.25, 0.3) is 0 Å². The molecule has 0 radical (unpaired) electrons. The molecule has 2 N–H and O–H groups in total. The first-order valence-electron chi connectivity index (χ1n) is 11.7. The second kappa shape index (κ2) is 6.79. The van der Waals surface area contributed by atoms with Crippen LogP contribution in [0.2, 0.25) is 0 Å². The number of fused-ring (bicyclic) bond motifs is 2. The highest BCUT2D eigenvalue weighted by Gasteiger charge is 2.93. The maximum absolute atomic E-state index is 13.7. The van der Waals surface area contributed by atoms with Crippen molar-refractivity contribution in [3.63, 3.8) is 0 Å². The molecule has 4 fully saturated rings. The standard InChI is InChI=1S/C23H27NO9/c1-21-5-4-12-13(10-31-19(12)28)14(21)8-15-22(32-15)18(27)11(7-16-23(21,22)33-16)3-2-6-30-20(29)24-9-17(25)26/h11,14-16H,2-10H2,1H3,(H,24,29)(H,25,26). The molecule has 3 heterocycles. The minimum absolute atomic E-state index is 0.0574. The van der Waals surface area contributed by atoms with Crippen molar-refractivity contribution in [3.05, 3.63) is 11.1 Å². The first-order chi connectivity index (χ1) is 15.7. The molecular weight excluding hydrogens is 434 g/mol. The molecule has 0 aromatic carbocycles. The Labute approximate surface area is 189 Å². The zero-order valence-electron chi connectivity index (χ0n) is 18.4. The fourth-order valence-corrected chi connectivity index (χ4v) is 7.43. The van der Waals surface area contributed by atoms with Crippen molar-refractivity contribution in [2.75, 3.05) is 19.8 Å². The van der Waals surface area contributed by atoms with Crippen LogP contribution in [0.4, 0.5) is 4.79 Å². The SMILES string of the molecule is CC12CCC3=C(COC3=O)C1CC1OC13C(=O)C(CCCOC(=O)NCC(=O)O)CC1OC123. The van der Waals surface area contributed by atoms with Gasteiger partial charge in [-0.2, -0.15) is 0 Å². The molecule has 3 aliphatic heterocycles. The number of hydrogen-bond acceptors (Lipinski definition) is 8. The molecular formula is C23H27NO9. The van der Waals surface area contributed by atoms with Gasteiger partial charge in [0.25, 0.3) is 0 Å². The molecule has 7 unspecified atom stereocenters. The van der Waals surface area contributed by atoms with Crippen molar-refractivity contribution in [1.29, 1.82) is 0 Å². The lowest BCUT2D eigenvalue weighted by Crippen LogP contribution is -2.64. The van der Waals surface area contributed by atoms with E-state index in [1.54, 1.807) is 0 Å². The summed E-state index contributed by atoms with van der Waals surface area (Å²) in [6.45, 7) is 2.14. The lowest BCUT2D eigenvalue weighted by atomic mass is 9.47. The number of nitrogens with one attached hydrogen (secondary N) is 1. The lowest BCUT2D eigenvalue weighted by molar-refractivity contribution is -0.138. The quantitative estimate of drug-likeness (QED) is 0.338. The molecule has 10 nitrogen and oxygen atoms in total. The van der Waals surface area contributed by atoms with Crippen molar-refractivity contribution < 1.29 is 43.2 Å². The third-order valence-corrected chi connectivity index (χ3v) is 8.92. The fraction of sp³-hybridized carbons (Fsp3) is 0.739. The summed E-state index contributed by atoms with van der Waals surface area (Å²) < 4.78 is 23.0. The number of ketones is 1. The summed E-state index contributed by atoms with van der Waals surface area (Å²) in [6.07, 6.45) is 2.75. The second-order valence-electron chi connectivity index (χ2n) is 10.3. The Hall–Kier alpha value is -2.46. The van der Waals surface area contributed by atoms with Gasteiger partial charge in [0.1, 0.15) is 18.8 Å². The van der Waals surface area contributed by atoms with Crippen LogP contribution >= 0.6 is 0 Å². The highest BCUT2D eigenvalue weighted by atomic mass is 16.7. The van der Waals surface area contributed by atoms with Crippen LogP contribution in [0.15, 0.2) is 11.1 Å². The Balaban J connectivity index is 1.14. The van der Waals surface area contributed by atoms with Crippen LogP contribution < -0.4 is 5.32 Å². The summed E-state index contributed by atoms with van der Waals surface area (Å²) in [4.78, 5) is 47.8. The summed E-state index contributed by atoms with van der Waals surface area (Å²) >= 11 is 0. The monoisotopic (exact) mass is 461 g/mol. The zero-order chi connectivity index (χ0) is 23.2. The number of carbonyl (C=O) groups excluding carboxylic acids is 3. The molecule has 6 rings (SSSR count). The van der Waals surface area contributed by atoms with Crippen LogP contribution in [0.3, 0.4) is 0 Å². The van der Waals surface area contributed by atoms with Crippen molar-refractivity contribution in [1.82, 2.24) is 5.32 Å². The van der Waals surface area contributed by atoms with Gasteiger partial charge in [0.15, 0.2) is 11.4 Å². The van der Waals surface area contributed by atoms with Crippen molar-refractivity contribution in [2.24, 2.45) is 17.3 Å². The average Bonchev–Trinajstić information content (AvgIpc) is 3.66. The molecule has 2 saturated carbocycles. The van der Waals surface area contributed by atoms with Gasteiger partial charge in [-0.25, -0.2) is 9.59 Å². The van der Waals surface area contributed by atoms with E-state index in [2.05, 4.69) is 12.2 Å². The predicted molar refractivity (Wildman–Crippen MR) is 108 cm³/mol. The normalized spacial score (nSPS) is 43.9.